The number of rotatable bonds is 6. The highest BCUT2D eigenvalue weighted by molar-refractivity contribution is 7.80. The van der Waals surface area contributed by atoms with E-state index >= 15 is 0 Å². The van der Waals surface area contributed by atoms with Gasteiger partial charge in [0, 0.05) is 24.1 Å². The zero-order valence-electron chi connectivity index (χ0n) is 14.9. The Morgan fingerprint density at radius 1 is 0.923 bits per heavy atom. The van der Waals surface area contributed by atoms with Crippen LogP contribution in [0.3, 0.4) is 0 Å². The molecule has 0 saturated carbocycles. The van der Waals surface area contributed by atoms with Gasteiger partial charge in [0.1, 0.15) is 0 Å². The van der Waals surface area contributed by atoms with Gasteiger partial charge in [-0.1, -0.05) is 56.3 Å². The number of nitrogens with one attached hydrogen (secondary N) is 3. The lowest BCUT2D eigenvalue weighted by Crippen LogP contribution is -2.43. The molecule has 0 aliphatic carbocycles. The van der Waals surface area contributed by atoms with Gasteiger partial charge in [-0.05, 0) is 35.8 Å². The third kappa shape index (κ3) is 6.29. The van der Waals surface area contributed by atoms with Crippen molar-refractivity contribution in [2.75, 3.05) is 5.32 Å². The van der Waals surface area contributed by atoms with E-state index in [0.29, 0.717) is 11.5 Å². The van der Waals surface area contributed by atoms with Crippen molar-refractivity contribution in [3.8, 4) is 0 Å². The first kappa shape index (κ1) is 19.6. The number of hydrogen-bond donors (Lipinski definition) is 3. The Kier molecular flexibility index (Phi) is 7.29. The second kappa shape index (κ2) is 9.68. The summed E-state index contributed by atoms with van der Waals surface area (Å²) in [6.45, 7) is 4.26. The normalized spacial score (nSPS) is 10.3. The average molecular weight is 369 g/mol. The van der Waals surface area contributed by atoms with Gasteiger partial charge in [0.05, 0.1) is 0 Å². The summed E-state index contributed by atoms with van der Waals surface area (Å²) >= 11 is 5.15. The van der Waals surface area contributed by atoms with Gasteiger partial charge >= 0.3 is 0 Å². The van der Waals surface area contributed by atoms with Crippen LogP contribution in [0.4, 0.5) is 5.69 Å². The van der Waals surface area contributed by atoms with Crippen molar-refractivity contribution in [3.63, 3.8) is 0 Å². The molecule has 0 aromatic heterocycles. The number of hydrogen-bond acceptors (Lipinski definition) is 3. The summed E-state index contributed by atoms with van der Waals surface area (Å²) in [5.74, 6) is 0.104. The Hall–Kier alpha value is -2.73. The third-order valence-electron chi connectivity index (χ3n) is 3.83. The first-order valence-electron chi connectivity index (χ1n) is 8.49. The summed E-state index contributed by atoms with van der Waals surface area (Å²) < 4.78 is 0. The van der Waals surface area contributed by atoms with Gasteiger partial charge in [0.2, 0.25) is 5.91 Å². The number of benzene rings is 2. The number of carbonyl (C=O) groups excluding carboxylic acids is 2. The van der Waals surface area contributed by atoms with E-state index in [4.69, 9.17) is 12.2 Å². The van der Waals surface area contributed by atoms with E-state index in [0.717, 1.165) is 5.69 Å². The van der Waals surface area contributed by atoms with E-state index in [1.807, 2.05) is 30.3 Å². The van der Waals surface area contributed by atoms with Crippen LogP contribution in [0.15, 0.2) is 54.6 Å². The summed E-state index contributed by atoms with van der Waals surface area (Å²) in [4.78, 5) is 23.8. The molecule has 0 unspecified atom stereocenters. The van der Waals surface area contributed by atoms with E-state index < -0.39 is 0 Å². The van der Waals surface area contributed by atoms with Gasteiger partial charge < -0.3 is 5.32 Å². The number of hydrazine groups is 1. The summed E-state index contributed by atoms with van der Waals surface area (Å²) in [7, 11) is 0. The average Bonchev–Trinajstić information content (AvgIpc) is 2.65. The van der Waals surface area contributed by atoms with Crippen LogP contribution < -0.4 is 16.2 Å². The first-order chi connectivity index (χ1) is 12.5. The Morgan fingerprint density at radius 3 is 2.19 bits per heavy atom. The highest BCUT2D eigenvalue weighted by atomic mass is 32.1. The number of anilines is 1. The van der Waals surface area contributed by atoms with E-state index in [-0.39, 0.29) is 29.6 Å². The van der Waals surface area contributed by atoms with Crippen molar-refractivity contribution < 1.29 is 9.59 Å². The smallest absolute Gasteiger partial charge is 0.238 e. The molecule has 3 N–H and O–H groups in total. The summed E-state index contributed by atoms with van der Waals surface area (Å²) in [6, 6.07) is 16.8. The molecule has 0 heterocycles. The second-order valence-corrected chi connectivity index (χ2v) is 6.60. The zero-order chi connectivity index (χ0) is 18.9. The van der Waals surface area contributed by atoms with Crippen LogP contribution >= 0.6 is 12.2 Å². The van der Waals surface area contributed by atoms with Crippen LogP contribution in [0, 0.1) is 0 Å². The Balaban J connectivity index is 1.71. The Labute approximate surface area is 159 Å². The molecule has 2 rings (SSSR count). The van der Waals surface area contributed by atoms with E-state index in [2.05, 4.69) is 30.0 Å². The van der Waals surface area contributed by atoms with Gasteiger partial charge in [0.15, 0.2) is 10.9 Å². The highest BCUT2D eigenvalue weighted by Crippen LogP contribution is 2.16. The lowest BCUT2D eigenvalue weighted by Gasteiger charge is -2.12. The molecule has 0 saturated heterocycles. The van der Waals surface area contributed by atoms with Gasteiger partial charge in [-0.2, -0.15) is 0 Å². The maximum atomic E-state index is 12.0. The Bertz CT molecular complexity index is 758. The fraction of sp³-hybridized carbons (Fsp3) is 0.250. The number of thiocarbonyl (C=S) groups is 1. The minimum Gasteiger partial charge on any atom is -0.331 e. The SMILES string of the molecule is CC(C)c1ccc(NC(=S)NNC(=O)CCC(=O)c2ccccc2)cc1. The van der Waals surface area contributed by atoms with Gasteiger partial charge in [-0.25, -0.2) is 0 Å². The molecule has 1 amide bonds. The van der Waals surface area contributed by atoms with Crippen molar-refractivity contribution >= 4 is 34.7 Å². The molecular weight excluding hydrogens is 346 g/mol. The molecule has 0 spiro atoms. The van der Waals surface area contributed by atoms with E-state index in [9.17, 15) is 9.59 Å². The predicted octanol–water partition coefficient (Wildman–Crippen LogP) is 3.79. The van der Waals surface area contributed by atoms with Gasteiger partial charge in [-0.3, -0.25) is 20.4 Å². The molecule has 0 radical (unpaired) electrons. The molecule has 0 aliphatic heterocycles. The molecule has 0 atom stereocenters. The van der Waals surface area contributed by atoms with Crippen LogP contribution in [-0.2, 0) is 4.79 Å². The monoisotopic (exact) mass is 369 g/mol. The lowest BCUT2D eigenvalue weighted by molar-refractivity contribution is -0.121. The van der Waals surface area contributed by atoms with E-state index in [1.165, 1.54) is 5.56 Å². The topological polar surface area (TPSA) is 70.2 Å². The van der Waals surface area contributed by atoms with E-state index in [1.54, 1.807) is 24.3 Å². The van der Waals surface area contributed by atoms with Crippen molar-refractivity contribution in [2.24, 2.45) is 0 Å². The molecule has 26 heavy (non-hydrogen) atoms. The number of ketones is 1. The quantitative estimate of drug-likeness (QED) is 0.411. The predicted molar refractivity (Wildman–Crippen MR) is 108 cm³/mol. The maximum Gasteiger partial charge on any atom is 0.238 e. The molecule has 2 aromatic carbocycles. The largest absolute Gasteiger partial charge is 0.331 e. The Morgan fingerprint density at radius 2 is 1.58 bits per heavy atom. The minimum atomic E-state index is -0.298. The van der Waals surface area contributed by atoms with Gasteiger partial charge in [-0.15, -0.1) is 0 Å². The number of amides is 1. The number of Topliss-reactive ketones (excluding diaryl/α,β-unsaturated/α-hetero) is 1. The molecule has 136 valence electrons. The summed E-state index contributed by atoms with van der Waals surface area (Å²) in [5, 5.41) is 3.28. The van der Waals surface area contributed by atoms with Gasteiger partial charge in [0.25, 0.3) is 0 Å². The molecule has 0 fully saturated rings. The van der Waals surface area contributed by atoms with Crippen molar-refractivity contribution in [1.29, 1.82) is 0 Å². The summed E-state index contributed by atoms with van der Waals surface area (Å²) in [6.07, 6.45) is 0.237. The lowest BCUT2D eigenvalue weighted by atomic mass is 10.0. The molecule has 0 aliphatic rings. The molecular formula is C20H23N3O2S. The molecule has 2 aromatic rings. The van der Waals surface area contributed by atoms with Crippen LogP contribution in [0.2, 0.25) is 0 Å². The molecule has 5 nitrogen and oxygen atoms in total. The minimum absolute atomic E-state index is 0.0632. The van der Waals surface area contributed by atoms with Crippen molar-refractivity contribution in [3.05, 3.63) is 65.7 Å². The van der Waals surface area contributed by atoms with Crippen LogP contribution in [-0.4, -0.2) is 16.8 Å². The maximum absolute atomic E-state index is 12.0. The van der Waals surface area contributed by atoms with Crippen LogP contribution in [0.5, 0.6) is 0 Å². The van der Waals surface area contributed by atoms with Crippen LogP contribution in [0.1, 0.15) is 48.5 Å². The first-order valence-corrected chi connectivity index (χ1v) is 8.90. The second-order valence-electron chi connectivity index (χ2n) is 6.19. The van der Waals surface area contributed by atoms with Crippen LogP contribution in [0.25, 0.3) is 0 Å². The van der Waals surface area contributed by atoms with Crippen molar-refractivity contribution in [1.82, 2.24) is 10.9 Å². The zero-order valence-corrected chi connectivity index (χ0v) is 15.7. The van der Waals surface area contributed by atoms with Crippen molar-refractivity contribution in [2.45, 2.75) is 32.6 Å². The molecule has 6 heteroatoms. The standard InChI is InChI=1S/C20H23N3O2S/c1-14(2)15-8-10-17(11-9-15)21-20(26)23-22-19(25)13-12-18(24)16-6-4-3-5-7-16/h3-11,14H,12-13H2,1-2H3,(H,22,25)(H2,21,23,26). The number of carbonyl (C=O) groups is 2. The fourth-order valence-corrected chi connectivity index (χ4v) is 2.47. The fourth-order valence-electron chi connectivity index (χ4n) is 2.30. The molecule has 0 bridgehead atoms. The summed E-state index contributed by atoms with van der Waals surface area (Å²) in [5.41, 5.74) is 7.82. The third-order valence-corrected chi connectivity index (χ3v) is 4.03. The highest BCUT2D eigenvalue weighted by Gasteiger charge is 2.09.